The molecule has 1 aromatic carbocycles. The Morgan fingerprint density at radius 3 is 2.30 bits per heavy atom. The lowest BCUT2D eigenvalue weighted by Gasteiger charge is -2.23. The van der Waals surface area contributed by atoms with Gasteiger partial charge in [0.2, 0.25) is 0 Å². The fourth-order valence-corrected chi connectivity index (χ4v) is 2.16. The molecule has 0 radical (unpaired) electrons. The largest absolute Gasteiger partial charge is 0.372 e. The number of anilines is 1. The van der Waals surface area contributed by atoms with Crippen LogP contribution in [0.1, 0.15) is 50.4 Å². The SMILES string of the molecule is CCCCN(CC)c1ccc(C(=O)NCCC(C)N)cc1.Cl.Cl. The first kappa shape index (κ1) is 24.3. The molecule has 0 spiro atoms. The summed E-state index contributed by atoms with van der Waals surface area (Å²) in [6, 6.07) is 7.96. The first-order chi connectivity index (χ1) is 10.1. The van der Waals surface area contributed by atoms with E-state index >= 15 is 0 Å². The van der Waals surface area contributed by atoms with Crippen LogP contribution >= 0.6 is 24.8 Å². The van der Waals surface area contributed by atoms with Crippen molar-refractivity contribution in [2.75, 3.05) is 24.5 Å². The predicted octanol–water partition coefficient (Wildman–Crippen LogP) is 3.62. The summed E-state index contributed by atoms with van der Waals surface area (Å²) in [7, 11) is 0. The molecule has 0 fully saturated rings. The summed E-state index contributed by atoms with van der Waals surface area (Å²) < 4.78 is 0. The molecular formula is C17H31Cl2N3O. The van der Waals surface area contributed by atoms with Gasteiger partial charge >= 0.3 is 0 Å². The second kappa shape index (κ2) is 13.5. The van der Waals surface area contributed by atoms with E-state index in [1.165, 1.54) is 18.5 Å². The Morgan fingerprint density at radius 1 is 1.22 bits per heavy atom. The van der Waals surface area contributed by atoms with Gasteiger partial charge in [-0.25, -0.2) is 0 Å². The van der Waals surface area contributed by atoms with Crippen molar-refractivity contribution >= 4 is 36.4 Å². The fourth-order valence-electron chi connectivity index (χ4n) is 2.16. The average molecular weight is 364 g/mol. The molecular weight excluding hydrogens is 333 g/mol. The number of nitrogens with two attached hydrogens (primary N) is 1. The van der Waals surface area contributed by atoms with E-state index in [1.54, 1.807) is 0 Å². The van der Waals surface area contributed by atoms with Gasteiger partial charge < -0.3 is 16.0 Å². The highest BCUT2D eigenvalue weighted by Gasteiger charge is 2.07. The summed E-state index contributed by atoms with van der Waals surface area (Å²) in [5, 5.41) is 2.89. The van der Waals surface area contributed by atoms with E-state index in [2.05, 4.69) is 24.1 Å². The van der Waals surface area contributed by atoms with Gasteiger partial charge in [0.15, 0.2) is 0 Å². The minimum atomic E-state index is -0.0289. The number of carbonyl (C=O) groups excluding carboxylic acids is 1. The maximum atomic E-state index is 12.0. The number of benzene rings is 1. The second-order valence-corrected chi connectivity index (χ2v) is 5.50. The summed E-state index contributed by atoms with van der Waals surface area (Å²) >= 11 is 0. The lowest BCUT2D eigenvalue weighted by molar-refractivity contribution is 0.0953. The molecule has 1 atom stereocenters. The molecule has 134 valence electrons. The molecule has 3 N–H and O–H groups in total. The second-order valence-electron chi connectivity index (χ2n) is 5.50. The Bertz CT molecular complexity index is 424. The summed E-state index contributed by atoms with van der Waals surface area (Å²) in [5.41, 5.74) is 7.55. The molecule has 1 aromatic rings. The van der Waals surface area contributed by atoms with Crippen molar-refractivity contribution in [1.29, 1.82) is 0 Å². The van der Waals surface area contributed by atoms with Crippen molar-refractivity contribution < 1.29 is 4.79 Å². The molecule has 0 aliphatic heterocycles. The quantitative estimate of drug-likeness (QED) is 0.704. The van der Waals surface area contributed by atoms with Crippen molar-refractivity contribution in [3.63, 3.8) is 0 Å². The molecule has 0 bridgehead atoms. The van der Waals surface area contributed by atoms with Gasteiger partial charge in [0.05, 0.1) is 0 Å². The molecule has 1 rings (SSSR count). The van der Waals surface area contributed by atoms with Crippen LogP contribution in [0, 0.1) is 0 Å². The number of nitrogens with zero attached hydrogens (tertiary/aromatic N) is 1. The Kier molecular flexibility index (Phi) is 14.2. The van der Waals surface area contributed by atoms with Crippen LogP contribution < -0.4 is 16.0 Å². The molecule has 6 heteroatoms. The van der Waals surface area contributed by atoms with Crippen LogP contribution in [0.4, 0.5) is 5.69 Å². The molecule has 0 heterocycles. The number of hydrogen-bond donors (Lipinski definition) is 2. The molecule has 0 aromatic heterocycles. The molecule has 23 heavy (non-hydrogen) atoms. The molecule has 0 saturated carbocycles. The third-order valence-corrected chi connectivity index (χ3v) is 3.54. The van der Waals surface area contributed by atoms with Gasteiger partial charge in [-0.15, -0.1) is 24.8 Å². The lowest BCUT2D eigenvalue weighted by atomic mass is 10.1. The minimum Gasteiger partial charge on any atom is -0.372 e. The van der Waals surface area contributed by atoms with Crippen molar-refractivity contribution in [3.05, 3.63) is 29.8 Å². The van der Waals surface area contributed by atoms with E-state index in [0.717, 1.165) is 19.5 Å². The third-order valence-electron chi connectivity index (χ3n) is 3.54. The van der Waals surface area contributed by atoms with Crippen LogP contribution in [-0.4, -0.2) is 31.6 Å². The number of hydrogen-bond acceptors (Lipinski definition) is 3. The molecule has 0 saturated heterocycles. The monoisotopic (exact) mass is 363 g/mol. The van der Waals surface area contributed by atoms with Gasteiger partial charge in [-0.1, -0.05) is 13.3 Å². The summed E-state index contributed by atoms with van der Waals surface area (Å²) in [6.45, 7) is 8.97. The fraction of sp³-hybridized carbons (Fsp3) is 0.588. The lowest BCUT2D eigenvalue weighted by Crippen LogP contribution is -2.29. The van der Waals surface area contributed by atoms with Crippen molar-refractivity contribution in [1.82, 2.24) is 5.32 Å². The van der Waals surface area contributed by atoms with Crippen LogP contribution in [0.5, 0.6) is 0 Å². The van der Waals surface area contributed by atoms with E-state index < -0.39 is 0 Å². The van der Waals surface area contributed by atoms with Gasteiger partial charge in [-0.05, 0) is 51.0 Å². The first-order valence-electron chi connectivity index (χ1n) is 7.97. The van der Waals surface area contributed by atoms with Crippen LogP contribution in [0.15, 0.2) is 24.3 Å². The number of halogens is 2. The number of nitrogens with one attached hydrogen (secondary N) is 1. The van der Waals surface area contributed by atoms with Gasteiger partial charge in [-0.3, -0.25) is 4.79 Å². The summed E-state index contributed by atoms with van der Waals surface area (Å²) in [6.07, 6.45) is 3.17. The predicted molar refractivity (Wildman–Crippen MR) is 104 cm³/mol. The van der Waals surface area contributed by atoms with Gasteiger partial charge in [0.25, 0.3) is 5.91 Å². The molecule has 1 amide bonds. The van der Waals surface area contributed by atoms with E-state index in [0.29, 0.717) is 12.1 Å². The zero-order chi connectivity index (χ0) is 15.7. The summed E-state index contributed by atoms with van der Waals surface area (Å²) in [4.78, 5) is 14.3. The first-order valence-corrected chi connectivity index (χ1v) is 7.97. The zero-order valence-electron chi connectivity index (χ0n) is 14.4. The molecule has 1 unspecified atom stereocenters. The molecule has 4 nitrogen and oxygen atoms in total. The highest BCUT2D eigenvalue weighted by molar-refractivity contribution is 5.94. The number of amides is 1. The van der Waals surface area contributed by atoms with E-state index in [9.17, 15) is 4.79 Å². The van der Waals surface area contributed by atoms with Crippen LogP contribution in [0.25, 0.3) is 0 Å². The zero-order valence-corrected chi connectivity index (χ0v) is 16.0. The minimum absolute atomic E-state index is 0. The highest BCUT2D eigenvalue weighted by Crippen LogP contribution is 2.16. The molecule has 0 aliphatic carbocycles. The van der Waals surface area contributed by atoms with E-state index in [-0.39, 0.29) is 36.8 Å². The van der Waals surface area contributed by atoms with Gasteiger partial charge in [0.1, 0.15) is 0 Å². The average Bonchev–Trinajstić information content (AvgIpc) is 2.48. The van der Waals surface area contributed by atoms with Crippen LogP contribution in [0.3, 0.4) is 0 Å². The van der Waals surface area contributed by atoms with Crippen molar-refractivity contribution in [2.24, 2.45) is 5.73 Å². The van der Waals surface area contributed by atoms with Crippen LogP contribution in [-0.2, 0) is 0 Å². The standard InChI is InChI=1S/C17H29N3O.2ClH/c1-4-6-13-20(5-2)16-9-7-15(8-10-16)17(21)19-12-11-14(3)18;;/h7-10,14H,4-6,11-13,18H2,1-3H3,(H,19,21);2*1H. The Morgan fingerprint density at radius 2 is 1.83 bits per heavy atom. The number of carbonyl (C=O) groups is 1. The van der Waals surface area contributed by atoms with Gasteiger partial charge in [-0.2, -0.15) is 0 Å². The Labute approximate surface area is 153 Å². The van der Waals surface area contributed by atoms with Crippen molar-refractivity contribution in [3.8, 4) is 0 Å². The maximum Gasteiger partial charge on any atom is 0.251 e. The Balaban J connectivity index is 0. The number of unbranched alkanes of at least 4 members (excludes halogenated alkanes) is 1. The van der Waals surface area contributed by atoms with Crippen LogP contribution in [0.2, 0.25) is 0 Å². The smallest absolute Gasteiger partial charge is 0.251 e. The Hall–Kier alpha value is -0.970. The maximum absolute atomic E-state index is 12.0. The van der Waals surface area contributed by atoms with E-state index in [1.807, 2.05) is 31.2 Å². The van der Waals surface area contributed by atoms with Crippen molar-refractivity contribution in [2.45, 2.75) is 46.1 Å². The normalized spacial score (nSPS) is 11.0. The topological polar surface area (TPSA) is 58.4 Å². The number of rotatable bonds is 9. The summed E-state index contributed by atoms with van der Waals surface area (Å²) in [5.74, 6) is -0.0289. The van der Waals surface area contributed by atoms with E-state index in [4.69, 9.17) is 5.73 Å². The highest BCUT2D eigenvalue weighted by atomic mass is 35.5. The molecule has 0 aliphatic rings. The third kappa shape index (κ3) is 9.04. The van der Waals surface area contributed by atoms with Gasteiger partial charge in [0, 0.05) is 36.9 Å².